The van der Waals surface area contributed by atoms with Gasteiger partial charge in [-0.25, -0.2) is 0 Å². The van der Waals surface area contributed by atoms with Gasteiger partial charge in [-0.3, -0.25) is 0 Å². The normalized spacial score (nSPS) is 10.6. The van der Waals surface area contributed by atoms with Gasteiger partial charge in [-0.2, -0.15) is 0 Å². The van der Waals surface area contributed by atoms with Crippen molar-refractivity contribution < 1.29 is 9.15 Å². The fraction of sp³-hybridized carbons (Fsp3) is 0.125. The van der Waals surface area contributed by atoms with Crippen LogP contribution in [-0.4, -0.2) is 10.2 Å². The fourth-order valence-corrected chi connectivity index (χ4v) is 2.23. The highest BCUT2D eigenvalue weighted by atomic mass is 79.9. The molecule has 0 saturated carbocycles. The van der Waals surface area contributed by atoms with Gasteiger partial charge in [0.1, 0.15) is 5.75 Å². The molecular weight excluding hydrogens is 332 g/mol. The maximum Gasteiger partial charge on any atom is 0.254 e. The molecule has 0 N–H and O–H groups in total. The molecule has 0 radical (unpaired) electrons. The topological polar surface area (TPSA) is 48.2 Å². The van der Waals surface area contributed by atoms with Crippen LogP contribution in [0, 0.1) is 6.92 Å². The zero-order valence-electron chi connectivity index (χ0n) is 11.4. The Morgan fingerprint density at radius 3 is 2.57 bits per heavy atom. The molecule has 0 saturated heterocycles. The third-order valence-corrected chi connectivity index (χ3v) is 3.61. The van der Waals surface area contributed by atoms with Crippen LogP contribution in [0.4, 0.5) is 0 Å². The molecule has 21 heavy (non-hydrogen) atoms. The molecule has 0 fully saturated rings. The van der Waals surface area contributed by atoms with Gasteiger partial charge in [0.2, 0.25) is 5.89 Å². The summed E-state index contributed by atoms with van der Waals surface area (Å²) in [5.74, 6) is 1.69. The molecule has 3 aromatic rings. The zero-order chi connectivity index (χ0) is 14.7. The fourth-order valence-electron chi connectivity index (χ4n) is 1.83. The minimum absolute atomic E-state index is 0.238. The summed E-state index contributed by atoms with van der Waals surface area (Å²) in [5.41, 5.74) is 2.09. The van der Waals surface area contributed by atoms with Crippen molar-refractivity contribution in [3.05, 3.63) is 64.5 Å². The lowest BCUT2D eigenvalue weighted by Crippen LogP contribution is -1.96. The Bertz CT molecular complexity index is 738. The molecule has 2 aromatic carbocycles. The van der Waals surface area contributed by atoms with Gasteiger partial charge in [0.15, 0.2) is 6.61 Å². The lowest BCUT2D eigenvalue weighted by Gasteiger charge is -2.04. The molecule has 106 valence electrons. The minimum atomic E-state index is 0.238. The van der Waals surface area contributed by atoms with Crippen LogP contribution in [0.2, 0.25) is 0 Å². The van der Waals surface area contributed by atoms with Crippen LogP contribution >= 0.6 is 15.9 Å². The molecular formula is C16H13BrN2O2. The van der Waals surface area contributed by atoms with E-state index in [2.05, 4.69) is 26.1 Å². The van der Waals surface area contributed by atoms with E-state index in [0.717, 1.165) is 15.8 Å². The predicted molar refractivity (Wildman–Crippen MR) is 82.9 cm³/mol. The molecule has 1 aromatic heterocycles. The summed E-state index contributed by atoms with van der Waals surface area (Å²) in [6.45, 7) is 2.27. The maximum absolute atomic E-state index is 5.65. The van der Waals surface area contributed by atoms with Crippen LogP contribution in [0.1, 0.15) is 11.5 Å². The van der Waals surface area contributed by atoms with Crippen molar-refractivity contribution >= 4 is 15.9 Å². The number of aryl methyl sites for hydroxylation is 1. The van der Waals surface area contributed by atoms with E-state index in [1.165, 1.54) is 5.56 Å². The summed E-state index contributed by atoms with van der Waals surface area (Å²) in [7, 11) is 0. The van der Waals surface area contributed by atoms with Gasteiger partial charge in [-0.15, -0.1) is 10.2 Å². The van der Waals surface area contributed by atoms with E-state index in [1.807, 2.05) is 55.5 Å². The number of aromatic nitrogens is 2. The molecule has 0 aliphatic rings. The van der Waals surface area contributed by atoms with Crippen LogP contribution in [0.3, 0.4) is 0 Å². The molecule has 4 nitrogen and oxygen atoms in total. The first-order valence-corrected chi connectivity index (χ1v) is 7.28. The Morgan fingerprint density at radius 1 is 1.05 bits per heavy atom. The number of nitrogens with zero attached hydrogens (tertiary/aromatic N) is 2. The number of benzene rings is 2. The summed E-state index contributed by atoms with van der Waals surface area (Å²) < 4.78 is 12.1. The van der Waals surface area contributed by atoms with Crippen LogP contribution in [-0.2, 0) is 6.61 Å². The van der Waals surface area contributed by atoms with Crippen molar-refractivity contribution in [3.63, 3.8) is 0 Å². The first kappa shape index (κ1) is 13.8. The second kappa shape index (κ2) is 6.10. The van der Waals surface area contributed by atoms with Gasteiger partial charge >= 0.3 is 0 Å². The molecule has 0 aliphatic heterocycles. The number of hydrogen-bond donors (Lipinski definition) is 0. The Morgan fingerprint density at radius 2 is 1.81 bits per heavy atom. The van der Waals surface area contributed by atoms with Crippen molar-refractivity contribution in [1.29, 1.82) is 0 Å². The number of para-hydroxylation sites is 1. The van der Waals surface area contributed by atoms with Crippen molar-refractivity contribution in [2.24, 2.45) is 0 Å². The zero-order valence-corrected chi connectivity index (χ0v) is 13.0. The standard InChI is InChI=1S/C16H13BrN2O2/c1-11-6-8-12(9-7-11)16-19-18-15(21-16)10-20-14-5-3-2-4-13(14)17/h2-9H,10H2,1H3. The van der Waals surface area contributed by atoms with Crippen molar-refractivity contribution in [2.45, 2.75) is 13.5 Å². The predicted octanol–water partition coefficient (Wildman–Crippen LogP) is 4.39. The van der Waals surface area contributed by atoms with E-state index in [1.54, 1.807) is 0 Å². The number of rotatable bonds is 4. The minimum Gasteiger partial charge on any atom is -0.483 e. The summed E-state index contributed by atoms with van der Waals surface area (Å²) >= 11 is 3.43. The van der Waals surface area contributed by atoms with Gasteiger partial charge < -0.3 is 9.15 Å². The van der Waals surface area contributed by atoms with Crippen LogP contribution in [0.5, 0.6) is 5.75 Å². The van der Waals surface area contributed by atoms with Gasteiger partial charge in [-0.05, 0) is 47.1 Å². The van der Waals surface area contributed by atoms with Gasteiger partial charge in [-0.1, -0.05) is 29.8 Å². The highest BCUT2D eigenvalue weighted by Crippen LogP contribution is 2.25. The van der Waals surface area contributed by atoms with Crippen molar-refractivity contribution in [3.8, 4) is 17.2 Å². The number of hydrogen-bond acceptors (Lipinski definition) is 4. The molecule has 0 unspecified atom stereocenters. The quantitative estimate of drug-likeness (QED) is 0.704. The molecule has 0 aliphatic carbocycles. The maximum atomic E-state index is 5.65. The molecule has 3 rings (SSSR count). The smallest absolute Gasteiger partial charge is 0.254 e. The van der Waals surface area contributed by atoms with E-state index in [0.29, 0.717) is 11.8 Å². The van der Waals surface area contributed by atoms with E-state index < -0.39 is 0 Å². The van der Waals surface area contributed by atoms with E-state index >= 15 is 0 Å². The second-order valence-corrected chi connectivity index (χ2v) is 5.44. The van der Waals surface area contributed by atoms with E-state index in [9.17, 15) is 0 Å². The third-order valence-electron chi connectivity index (χ3n) is 2.95. The highest BCUT2D eigenvalue weighted by Gasteiger charge is 2.09. The summed E-state index contributed by atoms with van der Waals surface area (Å²) in [5, 5.41) is 8.05. The Kier molecular flexibility index (Phi) is 4.01. The van der Waals surface area contributed by atoms with E-state index in [4.69, 9.17) is 9.15 Å². The van der Waals surface area contributed by atoms with Crippen LogP contribution in [0.25, 0.3) is 11.5 Å². The Hall–Kier alpha value is -2.14. The average molecular weight is 345 g/mol. The summed E-state index contributed by atoms with van der Waals surface area (Å²) in [6, 6.07) is 15.6. The van der Waals surface area contributed by atoms with Gasteiger partial charge in [0.25, 0.3) is 5.89 Å². The van der Waals surface area contributed by atoms with Crippen LogP contribution in [0.15, 0.2) is 57.4 Å². The Balaban J connectivity index is 1.71. The molecule has 0 atom stereocenters. The van der Waals surface area contributed by atoms with E-state index in [-0.39, 0.29) is 6.61 Å². The number of ether oxygens (including phenoxy) is 1. The lowest BCUT2D eigenvalue weighted by molar-refractivity contribution is 0.263. The molecule has 1 heterocycles. The number of halogens is 1. The second-order valence-electron chi connectivity index (χ2n) is 4.59. The third kappa shape index (κ3) is 3.31. The van der Waals surface area contributed by atoms with Gasteiger partial charge in [0, 0.05) is 5.56 Å². The monoisotopic (exact) mass is 344 g/mol. The van der Waals surface area contributed by atoms with Crippen molar-refractivity contribution in [1.82, 2.24) is 10.2 Å². The van der Waals surface area contributed by atoms with Gasteiger partial charge in [0.05, 0.1) is 4.47 Å². The molecule has 5 heteroatoms. The first-order chi connectivity index (χ1) is 10.2. The largest absolute Gasteiger partial charge is 0.483 e. The highest BCUT2D eigenvalue weighted by molar-refractivity contribution is 9.10. The summed E-state index contributed by atoms with van der Waals surface area (Å²) in [4.78, 5) is 0. The lowest BCUT2D eigenvalue weighted by atomic mass is 10.1. The SMILES string of the molecule is Cc1ccc(-c2nnc(COc3ccccc3Br)o2)cc1. The van der Waals surface area contributed by atoms with Crippen LogP contribution < -0.4 is 4.74 Å². The molecule has 0 spiro atoms. The molecule has 0 amide bonds. The summed E-state index contributed by atoms with van der Waals surface area (Å²) in [6.07, 6.45) is 0. The van der Waals surface area contributed by atoms with Crippen molar-refractivity contribution in [2.75, 3.05) is 0 Å². The first-order valence-electron chi connectivity index (χ1n) is 6.49. The average Bonchev–Trinajstić information content (AvgIpc) is 2.96. The molecule has 0 bridgehead atoms. The Labute approximate surface area is 130 Å².